The summed E-state index contributed by atoms with van der Waals surface area (Å²) in [6, 6.07) is 10.1. The molecule has 0 spiro atoms. The number of carbonyl (C=O) groups excluding carboxylic acids is 1. The third kappa shape index (κ3) is 5.27. The molecule has 0 aliphatic carbocycles. The number of halogens is 1. The Morgan fingerprint density at radius 3 is 2.55 bits per heavy atom. The number of rotatable bonds is 9. The smallest absolute Gasteiger partial charge is 0.328 e. The van der Waals surface area contributed by atoms with Crippen LogP contribution in [0.15, 0.2) is 46.0 Å². The van der Waals surface area contributed by atoms with Crippen LogP contribution in [0.2, 0.25) is 5.02 Å². The van der Waals surface area contributed by atoms with Crippen molar-refractivity contribution in [2.45, 2.75) is 32.2 Å². The topological polar surface area (TPSA) is 102 Å². The fraction of sp³-hybridized carbons (Fsp3) is 0.318. The highest BCUT2D eigenvalue weighted by Crippen LogP contribution is 2.35. The number of para-hydroxylation sites is 1. The molecule has 0 radical (unpaired) electrons. The lowest BCUT2D eigenvalue weighted by Crippen LogP contribution is -2.35. The van der Waals surface area contributed by atoms with Gasteiger partial charge in [-0.1, -0.05) is 30.2 Å². The summed E-state index contributed by atoms with van der Waals surface area (Å²) in [4.78, 5) is 39.7. The second-order valence-electron chi connectivity index (χ2n) is 6.98. The lowest BCUT2D eigenvalue weighted by Gasteiger charge is -2.13. The van der Waals surface area contributed by atoms with E-state index in [4.69, 9.17) is 21.1 Å². The van der Waals surface area contributed by atoms with E-state index in [1.54, 1.807) is 36.4 Å². The molecule has 1 aromatic heterocycles. The van der Waals surface area contributed by atoms with Gasteiger partial charge < -0.3 is 19.8 Å². The number of methoxy groups -OCH3 is 2. The Hall–Kier alpha value is -3.26. The summed E-state index contributed by atoms with van der Waals surface area (Å²) in [5, 5.41) is 3.63. The van der Waals surface area contributed by atoms with Crippen LogP contribution in [0.5, 0.6) is 11.5 Å². The number of carbonyl (C=O) groups is 1. The van der Waals surface area contributed by atoms with Crippen LogP contribution in [0.1, 0.15) is 25.7 Å². The molecule has 1 heterocycles. The van der Waals surface area contributed by atoms with Crippen LogP contribution in [0.3, 0.4) is 0 Å². The SMILES string of the molecule is COc1cc(OC)c(NC(=O)CCCCCn2c(=O)[nH]c3ccccc3c2=O)cc1Cl. The molecule has 0 aliphatic heterocycles. The first kappa shape index (κ1) is 22.4. The number of anilines is 1. The van der Waals surface area contributed by atoms with Crippen molar-refractivity contribution in [2.75, 3.05) is 19.5 Å². The zero-order valence-corrected chi connectivity index (χ0v) is 18.1. The molecule has 2 N–H and O–H groups in total. The van der Waals surface area contributed by atoms with Crippen molar-refractivity contribution in [3.63, 3.8) is 0 Å². The van der Waals surface area contributed by atoms with E-state index in [2.05, 4.69) is 10.3 Å². The number of benzene rings is 2. The van der Waals surface area contributed by atoms with Crippen molar-refractivity contribution < 1.29 is 14.3 Å². The third-order valence-electron chi connectivity index (χ3n) is 4.92. The maximum absolute atomic E-state index is 12.5. The summed E-state index contributed by atoms with van der Waals surface area (Å²) in [5.74, 6) is 0.722. The number of unbranched alkanes of at least 4 members (excludes halogenated alkanes) is 2. The van der Waals surface area contributed by atoms with Crippen LogP contribution < -0.4 is 26.0 Å². The largest absolute Gasteiger partial charge is 0.495 e. The summed E-state index contributed by atoms with van der Waals surface area (Å²) in [6.07, 6.45) is 2.19. The van der Waals surface area contributed by atoms with E-state index in [0.29, 0.717) is 58.9 Å². The molecular weight excluding hydrogens is 422 g/mol. The molecule has 8 nitrogen and oxygen atoms in total. The summed E-state index contributed by atoms with van der Waals surface area (Å²) in [6.45, 7) is 0.294. The minimum absolute atomic E-state index is 0.180. The molecule has 164 valence electrons. The fourth-order valence-corrected chi connectivity index (χ4v) is 3.55. The number of ether oxygens (including phenoxy) is 2. The Kier molecular flexibility index (Phi) is 7.36. The third-order valence-corrected chi connectivity index (χ3v) is 5.22. The molecule has 0 saturated carbocycles. The molecule has 0 aliphatic rings. The minimum Gasteiger partial charge on any atom is -0.495 e. The first-order valence-corrected chi connectivity index (χ1v) is 10.3. The summed E-state index contributed by atoms with van der Waals surface area (Å²) in [5.41, 5.74) is 0.262. The van der Waals surface area contributed by atoms with Crippen molar-refractivity contribution in [3.8, 4) is 11.5 Å². The number of fused-ring (bicyclic) bond motifs is 1. The van der Waals surface area contributed by atoms with Crippen LogP contribution >= 0.6 is 11.6 Å². The standard InChI is InChI=1S/C22H24ClN3O5/c1-30-18-13-19(31-2)17(12-15(18)23)24-20(27)10-4-3-7-11-26-21(28)14-8-5-6-9-16(14)25-22(26)29/h5-6,8-9,12-13H,3-4,7,10-11H2,1-2H3,(H,24,27)(H,25,29). The highest BCUT2D eigenvalue weighted by atomic mass is 35.5. The quantitative estimate of drug-likeness (QED) is 0.490. The van der Waals surface area contributed by atoms with Gasteiger partial charge in [0.15, 0.2) is 0 Å². The van der Waals surface area contributed by atoms with Gasteiger partial charge in [0.2, 0.25) is 5.91 Å². The molecule has 2 aromatic carbocycles. The number of H-pyrrole nitrogens is 1. The first-order chi connectivity index (χ1) is 14.9. The monoisotopic (exact) mass is 445 g/mol. The van der Waals surface area contributed by atoms with Gasteiger partial charge >= 0.3 is 5.69 Å². The number of hydrogen-bond acceptors (Lipinski definition) is 5. The lowest BCUT2D eigenvalue weighted by molar-refractivity contribution is -0.116. The number of aromatic nitrogens is 2. The minimum atomic E-state index is -0.426. The number of nitrogens with zero attached hydrogens (tertiary/aromatic N) is 1. The Morgan fingerprint density at radius 1 is 1.06 bits per heavy atom. The molecule has 3 aromatic rings. The predicted molar refractivity (Wildman–Crippen MR) is 120 cm³/mol. The molecule has 0 unspecified atom stereocenters. The highest BCUT2D eigenvalue weighted by Gasteiger charge is 2.13. The lowest BCUT2D eigenvalue weighted by atomic mass is 10.1. The second-order valence-corrected chi connectivity index (χ2v) is 7.39. The maximum atomic E-state index is 12.5. The molecule has 1 amide bonds. The summed E-state index contributed by atoms with van der Waals surface area (Å²) < 4.78 is 11.6. The van der Waals surface area contributed by atoms with E-state index in [-0.39, 0.29) is 17.9 Å². The van der Waals surface area contributed by atoms with Gasteiger partial charge in [-0.2, -0.15) is 0 Å². The molecule has 31 heavy (non-hydrogen) atoms. The van der Waals surface area contributed by atoms with Gasteiger partial charge in [0.1, 0.15) is 11.5 Å². The summed E-state index contributed by atoms with van der Waals surface area (Å²) >= 11 is 6.12. The predicted octanol–water partition coefficient (Wildman–Crippen LogP) is 3.56. The van der Waals surface area contributed by atoms with Crippen LogP contribution in [-0.4, -0.2) is 29.7 Å². The van der Waals surface area contributed by atoms with Crippen LogP contribution in [0.4, 0.5) is 5.69 Å². The summed E-state index contributed by atoms with van der Waals surface area (Å²) in [7, 11) is 2.99. The highest BCUT2D eigenvalue weighted by molar-refractivity contribution is 6.32. The first-order valence-electron chi connectivity index (χ1n) is 9.88. The van der Waals surface area contributed by atoms with Gasteiger partial charge in [-0.05, 0) is 31.0 Å². The van der Waals surface area contributed by atoms with Crippen molar-refractivity contribution in [3.05, 3.63) is 62.3 Å². The zero-order chi connectivity index (χ0) is 22.4. The number of nitrogens with one attached hydrogen (secondary N) is 2. The maximum Gasteiger partial charge on any atom is 0.328 e. The van der Waals surface area contributed by atoms with E-state index in [1.807, 2.05) is 0 Å². The second kappa shape index (κ2) is 10.2. The van der Waals surface area contributed by atoms with Gasteiger partial charge in [0, 0.05) is 19.0 Å². The van der Waals surface area contributed by atoms with E-state index in [0.717, 1.165) is 0 Å². The van der Waals surface area contributed by atoms with Crippen molar-refractivity contribution in [2.24, 2.45) is 0 Å². The van der Waals surface area contributed by atoms with Gasteiger partial charge in [-0.3, -0.25) is 14.2 Å². The van der Waals surface area contributed by atoms with Crippen LogP contribution in [0.25, 0.3) is 10.9 Å². The molecule has 0 saturated heterocycles. The number of hydrogen-bond donors (Lipinski definition) is 2. The number of amides is 1. The van der Waals surface area contributed by atoms with E-state index < -0.39 is 5.69 Å². The van der Waals surface area contributed by atoms with Gasteiger partial charge in [0.25, 0.3) is 5.56 Å². The Labute approximate surface area is 183 Å². The van der Waals surface area contributed by atoms with E-state index in [1.165, 1.54) is 18.8 Å². The average Bonchev–Trinajstić information content (AvgIpc) is 2.75. The van der Waals surface area contributed by atoms with Crippen molar-refractivity contribution in [1.82, 2.24) is 9.55 Å². The Bertz CT molecular complexity index is 1200. The Balaban J connectivity index is 1.52. The Morgan fingerprint density at radius 2 is 1.81 bits per heavy atom. The number of aromatic amines is 1. The molecule has 0 fully saturated rings. The van der Waals surface area contributed by atoms with Crippen molar-refractivity contribution >= 4 is 34.1 Å². The van der Waals surface area contributed by atoms with Crippen LogP contribution in [0, 0.1) is 0 Å². The van der Waals surface area contributed by atoms with Crippen LogP contribution in [-0.2, 0) is 11.3 Å². The molecule has 9 heteroatoms. The van der Waals surface area contributed by atoms with E-state index >= 15 is 0 Å². The van der Waals surface area contributed by atoms with Crippen molar-refractivity contribution in [1.29, 1.82) is 0 Å². The normalized spacial score (nSPS) is 10.8. The van der Waals surface area contributed by atoms with E-state index in [9.17, 15) is 14.4 Å². The molecule has 0 atom stereocenters. The van der Waals surface area contributed by atoms with Gasteiger partial charge in [-0.25, -0.2) is 4.79 Å². The zero-order valence-electron chi connectivity index (χ0n) is 17.4. The van der Waals surface area contributed by atoms with Gasteiger partial charge in [-0.15, -0.1) is 0 Å². The van der Waals surface area contributed by atoms with Gasteiger partial charge in [0.05, 0.1) is 35.8 Å². The molecule has 0 bridgehead atoms. The molecular formula is C22H24ClN3O5. The molecule has 3 rings (SSSR count). The fourth-order valence-electron chi connectivity index (χ4n) is 3.30. The average molecular weight is 446 g/mol.